The molecule has 0 bridgehead atoms. The molecule has 0 spiro atoms. The van der Waals surface area contributed by atoms with E-state index in [1.54, 1.807) is 17.9 Å². The second-order valence-corrected chi connectivity index (χ2v) is 7.09. The molecule has 0 aliphatic carbocycles. The van der Waals surface area contributed by atoms with Gasteiger partial charge in [-0.1, -0.05) is 30.3 Å². The van der Waals surface area contributed by atoms with Crippen LogP contribution in [0, 0.1) is 5.82 Å². The molecule has 0 saturated carbocycles. The summed E-state index contributed by atoms with van der Waals surface area (Å²) in [5, 5.41) is 0. The van der Waals surface area contributed by atoms with Gasteiger partial charge in [0.15, 0.2) is 0 Å². The third kappa shape index (κ3) is 5.32. The van der Waals surface area contributed by atoms with Crippen molar-refractivity contribution in [2.75, 3.05) is 37.7 Å². The summed E-state index contributed by atoms with van der Waals surface area (Å²) in [6.07, 6.45) is 0.240. The molecule has 2 amide bonds. The highest BCUT2D eigenvalue weighted by atomic mass is 19.1. The Labute approximate surface area is 170 Å². The van der Waals surface area contributed by atoms with Gasteiger partial charge < -0.3 is 20.3 Å². The van der Waals surface area contributed by atoms with Gasteiger partial charge in [0.1, 0.15) is 11.9 Å². The number of ether oxygens (including phenoxy) is 1. The second kappa shape index (κ2) is 9.52. The van der Waals surface area contributed by atoms with Gasteiger partial charge >= 0.3 is 0 Å². The Bertz CT molecular complexity index is 852. The predicted octanol–water partition coefficient (Wildman–Crippen LogP) is 2.22. The number of carbonyl (C=O) groups excluding carboxylic acids is 2. The molecular weight excluding hydrogens is 373 g/mol. The second-order valence-electron chi connectivity index (χ2n) is 7.09. The monoisotopic (exact) mass is 399 g/mol. The Hall–Kier alpha value is -2.93. The minimum atomic E-state index is -0.668. The number of hydrogen-bond acceptors (Lipinski definition) is 4. The molecule has 0 aromatic heterocycles. The molecule has 6 nitrogen and oxygen atoms in total. The van der Waals surface area contributed by atoms with E-state index in [2.05, 4.69) is 0 Å². The van der Waals surface area contributed by atoms with Crippen molar-refractivity contribution in [1.82, 2.24) is 4.90 Å². The predicted molar refractivity (Wildman–Crippen MR) is 109 cm³/mol. The number of anilines is 1. The first-order valence-corrected chi connectivity index (χ1v) is 9.74. The molecule has 2 aromatic carbocycles. The van der Waals surface area contributed by atoms with Gasteiger partial charge in [-0.2, -0.15) is 0 Å². The SMILES string of the molecule is CC(OCCc1ccccc1)C(=O)N1CCN(c2ccc(F)cc2C(N)=O)CC1. The fraction of sp³-hybridized carbons (Fsp3) is 0.364. The topological polar surface area (TPSA) is 75.9 Å². The van der Waals surface area contributed by atoms with E-state index in [0.29, 0.717) is 38.5 Å². The summed E-state index contributed by atoms with van der Waals surface area (Å²) < 4.78 is 19.2. The molecule has 2 aromatic rings. The molecule has 7 heteroatoms. The summed E-state index contributed by atoms with van der Waals surface area (Å²) >= 11 is 0. The van der Waals surface area contributed by atoms with Crippen LogP contribution in [0.25, 0.3) is 0 Å². The zero-order valence-electron chi connectivity index (χ0n) is 16.5. The van der Waals surface area contributed by atoms with Crippen LogP contribution in [-0.2, 0) is 16.0 Å². The van der Waals surface area contributed by atoms with Crippen molar-refractivity contribution in [3.05, 3.63) is 65.5 Å². The molecule has 1 unspecified atom stereocenters. The highest BCUT2D eigenvalue weighted by Gasteiger charge is 2.27. The smallest absolute Gasteiger partial charge is 0.251 e. The summed E-state index contributed by atoms with van der Waals surface area (Å²) in [6, 6.07) is 14.0. The lowest BCUT2D eigenvalue weighted by Gasteiger charge is -2.37. The zero-order valence-corrected chi connectivity index (χ0v) is 16.5. The molecule has 1 fully saturated rings. The molecule has 154 valence electrons. The number of benzene rings is 2. The number of carbonyl (C=O) groups is 2. The van der Waals surface area contributed by atoms with Gasteiger partial charge in [0.05, 0.1) is 12.2 Å². The van der Waals surface area contributed by atoms with Crippen molar-refractivity contribution >= 4 is 17.5 Å². The Balaban J connectivity index is 1.51. The van der Waals surface area contributed by atoms with E-state index in [4.69, 9.17) is 10.5 Å². The minimum Gasteiger partial charge on any atom is -0.368 e. The van der Waals surface area contributed by atoms with E-state index in [1.165, 1.54) is 11.6 Å². The van der Waals surface area contributed by atoms with Crippen LogP contribution in [0.5, 0.6) is 0 Å². The third-order valence-electron chi connectivity index (χ3n) is 5.11. The number of hydrogen-bond donors (Lipinski definition) is 1. The largest absolute Gasteiger partial charge is 0.368 e. The molecule has 3 rings (SSSR count). The Morgan fingerprint density at radius 1 is 1.10 bits per heavy atom. The summed E-state index contributed by atoms with van der Waals surface area (Å²) in [7, 11) is 0. The van der Waals surface area contributed by atoms with Gasteiger partial charge in [-0.3, -0.25) is 9.59 Å². The first-order chi connectivity index (χ1) is 14.0. The van der Waals surface area contributed by atoms with Crippen LogP contribution < -0.4 is 10.6 Å². The van der Waals surface area contributed by atoms with E-state index in [-0.39, 0.29) is 11.5 Å². The van der Waals surface area contributed by atoms with E-state index >= 15 is 0 Å². The third-order valence-corrected chi connectivity index (χ3v) is 5.11. The lowest BCUT2D eigenvalue weighted by Crippen LogP contribution is -2.51. The van der Waals surface area contributed by atoms with Crippen molar-refractivity contribution in [3.63, 3.8) is 0 Å². The van der Waals surface area contributed by atoms with Crippen LogP contribution in [0.4, 0.5) is 10.1 Å². The molecule has 1 aliphatic rings. The normalized spacial score (nSPS) is 15.2. The minimum absolute atomic E-state index is 0.0491. The maximum Gasteiger partial charge on any atom is 0.251 e. The average Bonchev–Trinajstić information content (AvgIpc) is 2.74. The van der Waals surface area contributed by atoms with Gasteiger partial charge in [0, 0.05) is 31.9 Å². The van der Waals surface area contributed by atoms with Crippen molar-refractivity contribution in [2.45, 2.75) is 19.4 Å². The molecule has 1 heterocycles. The van der Waals surface area contributed by atoms with Crippen LogP contribution in [0.1, 0.15) is 22.8 Å². The van der Waals surface area contributed by atoms with E-state index in [1.807, 2.05) is 35.2 Å². The van der Waals surface area contributed by atoms with E-state index < -0.39 is 17.8 Å². The van der Waals surface area contributed by atoms with Crippen LogP contribution in [-0.4, -0.2) is 55.6 Å². The lowest BCUT2D eigenvalue weighted by molar-refractivity contribution is -0.142. The Morgan fingerprint density at radius 2 is 1.79 bits per heavy atom. The quantitative estimate of drug-likeness (QED) is 0.775. The summed E-state index contributed by atoms with van der Waals surface area (Å²) in [5.41, 5.74) is 7.30. The number of rotatable bonds is 7. The van der Waals surface area contributed by atoms with Gasteiger partial charge in [0.2, 0.25) is 0 Å². The Kier molecular flexibility index (Phi) is 6.82. The lowest BCUT2D eigenvalue weighted by atomic mass is 10.1. The zero-order chi connectivity index (χ0) is 20.8. The maximum atomic E-state index is 13.4. The Morgan fingerprint density at radius 3 is 2.45 bits per heavy atom. The molecule has 1 aliphatic heterocycles. The maximum absolute atomic E-state index is 13.4. The van der Waals surface area contributed by atoms with Crippen LogP contribution >= 0.6 is 0 Å². The molecule has 0 radical (unpaired) electrons. The first-order valence-electron chi connectivity index (χ1n) is 9.74. The number of nitrogens with two attached hydrogens (primary N) is 1. The summed E-state index contributed by atoms with van der Waals surface area (Å²) in [4.78, 5) is 28.0. The van der Waals surface area contributed by atoms with Gasteiger partial charge in [-0.05, 0) is 37.1 Å². The standard InChI is InChI=1S/C22H26FN3O3/c1-16(29-14-9-17-5-3-2-4-6-17)22(28)26-12-10-25(11-13-26)20-8-7-18(23)15-19(20)21(24)27/h2-8,15-16H,9-14H2,1H3,(H2,24,27). The van der Waals surface area contributed by atoms with Gasteiger partial charge in [-0.25, -0.2) is 4.39 Å². The number of halogens is 1. The molecule has 1 atom stereocenters. The summed E-state index contributed by atoms with van der Waals surface area (Å²) in [6.45, 7) is 4.32. The van der Waals surface area contributed by atoms with Crippen molar-refractivity contribution in [2.24, 2.45) is 5.73 Å². The van der Waals surface area contributed by atoms with Crippen molar-refractivity contribution in [1.29, 1.82) is 0 Å². The van der Waals surface area contributed by atoms with Gasteiger partial charge in [-0.15, -0.1) is 0 Å². The van der Waals surface area contributed by atoms with Crippen LogP contribution in [0.15, 0.2) is 48.5 Å². The van der Waals surface area contributed by atoms with Gasteiger partial charge in [0.25, 0.3) is 11.8 Å². The highest BCUT2D eigenvalue weighted by Crippen LogP contribution is 2.23. The molecular formula is C22H26FN3O3. The number of piperazine rings is 1. The van der Waals surface area contributed by atoms with E-state index in [0.717, 1.165) is 12.5 Å². The summed E-state index contributed by atoms with van der Waals surface area (Å²) in [5.74, 6) is -1.22. The first kappa shape index (κ1) is 20.8. The fourth-order valence-electron chi connectivity index (χ4n) is 3.48. The van der Waals surface area contributed by atoms with E-state index in [9.17, 15) is 14.0 Å². The fourth-order valence-corrected chi connectivity index (χ4v) is 3.48. The van der Waals surface area contributed by atoms with Crippen LogP contribution in [0.3, 0.4) is 0 Å². The molecule has 1 saturated heterocycles. The number of primary amides is 1. The molecule has 29 heavy (non-hydrogen) atoms. The average molecular weight is 399 g/mol. The van der Waals surface area contributed by atoms with Crippen molar-refractivity contribution < 1.29 is 18.7 Å². The van der Waals surface area contributed by atoms with Crippen LogP contribution in [0.2, 0.25) is 0 Å². The number of amides is 2. The number of nitrogens with zero attached hydrogens (tertiary/aromatic N) is 2. The van der Waals surface area contributed by atoms with Crippen molar-refractivity contribution in [3.8, 4) is 0 Å². The molecule has 2 N–H and O–H groups in total. The highest BCUT2D eigenvalue weighted by molar-refractivity contribution is 5.98.